The summed E-state index contributed by atoms with van der Waals surface area (Å²) in [5.41, 5.74) is 0.714. The van der Waals surface area contributed by atoms with E-state index in [1.54, 1.807) is 19.1 Å². The Hall–Kier alpha value is -2.72. The maximum Gasteiger partial charge on any atom is 0.340 e. The van der Waals surface area contributed by atoms with E-state index in [1.807, 2.05) is 0 Å². The Kier molecular flexibility index (Phi) is 4.31. The molecule has 0 amide bonds. The zero-order valence-electron chi connectivity index (χ0n) is 13.1. The van der Waals surface area contributed by atoms with E-state index in [9.17, 15) is 13.2 Å². The average Bonchev–Trinajstić information content (AvgIpc) is 3.00. The normalized spacial score (nSPS) is 11.5. The molecule has 0 saturated carbocycles. The molecule has 3 rings (SSSR count). The van der Waals surface area contributed by atoms with Crippen molar-refractivity contribution >= 4 is 39.1 Å². The van der Waals surface area contributed by atoms with Gasteiger partial charge in [-0.3, -0.25) is 4.72 Å². The third kappa shape index (κ3) is 3.26. The van der Waals surface area contributed by atoms with Gasteiger partial charge in [0.05, 0.1) is 35.8 Å². The molecule has 11 heteroatoms. The van der Waals surface area contributed by atoms with E-state index in [0.717, 1.165) is 4.52 Å². The molecule has 0 fully saturated rings. The molecule has 130 valence electrons. The molecule has 0 atom stereocenters. The Morgan fingerprint density at radius 3 is 2.84 bits per heavy atom. The van der Waals surface area contributed by atoms with Crippen molar-refractivity contribution in [3.63, 3.8) is 0 Å². The summed E-state index contributed by atoms with van der Waals surface area (Å²) in [4.78, 5) is 19.6. The summed E-state index contributed by atoms with van der Waals surface area (Å²) in [6, 6.07) is 4.73. The van der Waals surface area contributed by atoms with Crippen LogP contribution < -0.4 is 4.72 Å². The molecule has 0 spiro atoms. The first-order valence-corrected chi connectivity index (χ1v) is 8.76. The van der Waals surface area contributed by atoms with Gasteiger partial charge in [-0.2, -0.15) is 13.4 Å². The summed E-state index contributed by atoms with van der Waals surface area (Å²) in [5.74, 6) is -0.597. The summed E-state index contributed by atoms with van der Waals surface area (Å²) in [5, 5.41) is 3.64. The highest BCUT2D eigenvalue weighted by Crippen LogP contribution is 2.24. The number of esters is 1. The largest absolute Gasteiger partial charge is 0.465 e. The minimum Gasteiger partial charge on any atom is -0.465 e. The molecule has 1 aromatic carbocycles. The van der Waals surface area contributed by atoms with Crippen molar-refractivity contribution in [1.82, 2.24) is 19.6 Å². The standard InChI is InChI=1S/C14H12ClN5O4S/c1-8-4-3-5-10(12(21)24-2)11(8)19-25(22,23)14-17-13-16-6-9(15)7-20(13)18-14/h3-7,19H,1-2H3. The number of ether oxygens (including phenoxy) is 1. The van der Waals surface area contributed by atoms with Gasteiger partial charge in [-0.05, 0) is 18.6 Å². The number of hydrogen-bond acceptors (Lipinski definition) is 7. The molecule has 1 N–H and O–H groups in total. The van der Waals surface area contributed by atoms with E-state index in [0.29, 0.717) is 5.56 Å². The van der Waals surface area contributed by atoms with Crippen LogP contribution in [0.2, 0.25) is 5.02 Å². The van der Waals surface area contributed by atoms with Gasteiger partial charge < -0.3 is 4.74 Å². The van der Waals surface area contributed by atoms with Gasteiger partial charge in [-0.15, -0.1) is 5.10 Å². The van der Waals surface area contributed by atoms with Gasteiger partial charge in [0.15, 0.2) is 0 Å². The summed E-state index contributed by atoms with van der Waals surface area (Å²) in [7, 11) is -2.95. The number of carbonyl (C=O) groups is 1. The van der Waals surface area contributed by atoms with E-state index in [4.69, 9.17) is 11.6 Å². The predicted molar refractivity (Wildman–Crippen MR) is 89.1 cm³/mol. The number of rotatable bonds is 4. The number of nitrogens with one attached hydrogen (secondary N) is 1. The number of aromatic nitrogens is 4. The molecular formula is C14H12ClN5O4S. The van der Waals surface area contributed by atoms with Crippen LogP contribution >= 0.6 is 11.6 Å². The number of benzene rings is 1. The van der Waals surface area contributed by atoms with Crippen LogP contribution in [0, 0.1) is 6.92 Å². The maximum atomic E-state index is 12.6. The lowest BCUT2D eigenvalue weighted by Gasteiger charge is -2.12. The van der Waals surface area contributed by atoms with Gasteiger partial charge in [0.25, 0.3) is 21.0 Å². The Balaban J connectivity index is 2.05. The van der Waals surface area contributed by atoms with E-state index < -0.39 is 21.1 Å². The van der Waals surface area contributed by atoms with Crippen LogP contribution in [0.4, 0.5) is 5.69 Å². The van der Waals surface area contributed by atoms with Gasteiger partial charge in [0.2, 0.25) is 0 Å². The average molecular weight is 382 g/mol. The third-order valence-electron chi connectivity index (χ3n) is 3.30. The van der Waals surface area contributed by atoms with Crippen LogP contribution in [-0.4, -0.2) is 41.1 Å². The number of carbonyl (C=O) groups excluding carboxylic acids is 1. The van der Waals surface area contributed by atoms with Gasteiger partial charge in [0.1, 0.15) is 0 Å². The van der Waals surface area contributed by atoms with E-state index in [-0.39, 0.29) is 22.1 Å². The summed E-state index contributed by atoms with van der Waals surface area (Å²) >= 11 is 5.80. The zero-order chi connectivity index (χ0) is 18.2. The Bertz CT molecular complexity index is 1080. The molecule has 9 nitrogen and oxygen atoms in total. The highest BCUT2D eigenvalue weighted by Gasteiger charge is 2.25. The fourth-order valence-corrected chi connectivity index (χ4v) is 3.29. The number of anilines is 1. The van der Waals surface area contributed by atoms with Crippen molar-refractivity contribution in [2.45, 2.75) is 12.1 Å². The molecule has 0 aliphatic carbocycles. The molecule has 0 unspecified atom stereocenters. The zero-order valence-corrected chi connectivity index (χ0v) is 14.7. The van der Waals surface area contributed by atoms with Crippen molar-refractivity contribution in [3.05, 3.63) is 46.7 Å². The van der Waals surface area contributed by atoms with Crippen LogP contribution in [0.25, 0.3) is 5.78 Å². The lowest BCUT2D eigenvalue weighted by atomic mass is 10.1. The summed E-state index contributed by atoms with van der Waals surface area (Å²) in [6.45, 7) is 1.66. The first-order chi connectivity index (χ1) is 11.8. The van der Waals surface area contributed by atoms with Gasteiger partial charge in [-0.25, -0.2) is 14.3 Å². The molecular weight excluding hydrogens is 370 g/mol. The molecule has 0 aliphatic heterocycles. The third-order valence-corrected chi connectivity index (χ3v) is 4.62. The lowest BCUT2D eigenvalue weighted by molar-refractivity contribution is 0.0602. The predicted octanol–water partition coefficient (Wildman–Crippen LogP) is 1.67. The fourth-order valence-electron chi connectivity index (χ4n) is 2.12. The maximum absolute atomic E-state index is 12.6. The van der Waals surface area contributed by atoms with Crippen molar-refractivity contribution in [1.29, 1.82) is 0 Å². The minimum atomic E-state index is -4.16. The number of aryl methyl sites for hydroxylation is 1. The number of nitrogens with zero attached hydrogens (tertiary/aromatic N) is 4. The molecule has 0 bridgehead atoms. The number of hydrogen-bond donors (Lipinski definition) is 1. The van der Waals surface area contributed by atoms with Crippen LogP contribution in [0.1, 0.15) is 15.9 Å². The molecule has 25 heavy (non-hydrogen) atoms. The molecule has 0 radical (unpaired) electrons. The number of methoxy groups -OCH3 is 1. The van der Waals surface area contributed by atoms with Crippen LogP contribution in [0.5, 0.6) is 0 Å². The van der Waals surface area contributed by atoms with Gasteiger partial charge in [0, 0.05) is 0 Å². The molecule has 3 aromatic rings. The molecule has 2 aromatic heterocycles. The Labute approximate surface area is 147 Å². The highest BCUT2D eigenvalue weighted by molar-refractivity contribution is 7.92. The second kappa shape index (κ2) is 6.30. The van der Waals surface area contributed by atoms with Crippen LogP contribution in [0.15, 0.2) is 35.7 Å². The Morgan fingerprint density at radius 2 is 2.12 bits per heavy atom. The smallest absolute Gasteiger partial charge is 0.340 e. The second-order valence-electron chi connectivity index (χ2n) is 5.01. The SMILES string of the molecule is COC(=O)c1cccc(C)c1NS(=O)(=O)c1nc2ncc(Cl)cn2n1. The van der Waals surface area contributed by atoms with Gasteiger partial charge in [-0.1, -0.05) is 23.7 Å². The molecule has 0 saturated heterocycles. The van der Waals surface area contributed by atoms with E-state index in [1.165, 1.54) is 25.6 Å². The highest BCUT2D eigenvalue weighted by atomic mass is 35.5. The van der Waals surface area contributed by atoms with E-state index >= 15 is 0 Å². The number of halogens is 1. The topological polar surface area (TPSA) is 116 Å². The van der Waals surface area contributed by atoms with Gasteiger partial charge >= 0.3 is 5.97 Å². The van der Waals surface area contributed by atoms with Crippen molar-refractivity contribution in [2.75, 3.05) is 11.8 Å². The van der Waals surface area contributed by atoms with Crippen LogP contribution in [0.3, 0.4) is 0 Å². The van der Waals surface area contributed by atoms with Crippen molar-refractivity contribution in [3.8, 4) is 0 Å². The van der Waals surface area contributed by atoms with E-state index in [2.05, 4.69) is 24.5 Å². The first kappa shape index (κ1) is 17.1. The summed E-state index contributed by atoms with van der Waals surface area (Å²) in [6.07, 6.45) is 2.70. The fraction of sp³-hybridized carbons (Fsp3) is 0.143. The van der Waals surface area contributed by atoms with Crippen molar-refractivity contribution in [2.24, 2.45) is 0 Å². The molecule has 0 aliphatic rings. The summed E-state index contributed by atoms with van der Waals surface area (Å²) < 4.78 is 33.4. The van der Waals surface area contributed by atoms with Crippen molar-refractivity contribution < 1.29 is 17.9 Å². The Morgan fingerprint density at radius 1 is 1.36 bits per heavy atom. The second-order valence-corrected chi connectivity index (χ2v) is 7.02. The lowest BCUT2D eigenvalue weighted by Crippen LogP contribution is -2.18. The quantitative estimate of drug-likeness (QED) is 0.683. The van der Waals surface area contributed by atoms with Crippen LogP contribution in [-0.2, 0) is 14.8 Å². The minimum absolute atomic E-state index is 0.0720. The first-order valence-electron chi connectivity index (χ1n) is 6.90. The number of para-hydroxylation sites is 1. The monoisotopic (exact) mass is 381 g/mol. The molecule has 2 heterocycles. The number of sulfonamides is 1. The number of fused-ring (bicyclic) bond motifs is 1.